The van der Waals surface area contributed by atoms with Crippen LogP contribution in [-0.2, 0) is 4.79 Å². The molecule has 1 N–H and O–H groups in total. The summed E-state index contributed by atoms with van der Waals surface area (Å²) in [5.41, 5.74) is 1.69. The zero-order valence-electron chi connectivity index (χ0n) is 17.9. The second-order valence-corrected chi connectivity index (χ2v) is 7.53. The van der Waals surface area contributed by atoms with Crippen molar-refractivity contribution in [1.29, 1.82) is 0 Å². The number of anilines is 2. The van der Waals surface area contributed by atoms with E-state index in [0.29, 0.717) is 33.9 Å². The van der Waals surface area contributed by atoms with Crippen LogP contribution in [0.5, 0.6) is 11.5 Å². The van der Waals surface area contributed by atoms with Crippen LogP contribution in [0.4, 0.5) is 11.5 Å². The van der Waals surface area contributed by atoms with E-state index in [0.717, 1.165) is 0 Å². The maximum atomic E-state index is 13.6. The first kappa shape index (κ1) is 20.5. The third-order valence-corrected chi connectivity index (χ3v) is 5.73. The highest BCUT2D eigenvalue weighted by Gasteiger charge is 2.50. The molecule has 3 amide bonds. The van der Waals surface area contributed by atoms with Crippen LogP contribution in [0.2, 0.25) is 0 Å². The van der Waals surface area contributed by atoms with Crippen LogP contribution < -0.4 is 19.7 Å². The fourth-order valence-corrected chi connectivity index (χ4v) is 4.36. The van der Waals surface area contributed by atoms with Gasteiger partial charge in [0, 0.05) is 11.8 Å². The number of ether oxygens (including phenoxy) is 2. The van der Waals surface area contributed by atoms with Crippen LogP contribution in [0.1, 0.15) is 32.4 Å². The maximum Gasteiger partial charge on any atom is 0.264 e. The number of pyridine rings is 1. The van der Waals surface area contributed by atoms with Gasteiger partial charge in [-0.3, -0.25) is 19.3 Å². The number of fused-ring (bicyclic) bond motifs is 5. The molecule has 1 unspecified atom stereocenters. The Kier molecular flexibility index (Phi) is 4.93. The predicted molar refractivity (Wildman–Crippen MR) is 119 cm³/mol. The van der Waals surface area contributed by atoms with Crippen LogP contribution in [0.15, 0.2) is 60.8 Å². The van der Waals surface area contributed by atoms with Crippen molar-refractivity contribution in [3.8, 4) is 11.5 Å². The van der Waals surface area contributed by atoms with E-state index < -0.39 is 12.1 Å². The summed E-state index contributed by atoms with van der Waals surface area (Å²) in [6, 6.07) is 15.4. The minimum absolute atomic E-state index is 0.272. The molecule has 2 aliphatic heterocycles. The quantitative estimate of drug-likeness (QED) is 0.650. The van der Waals surface area contributed by atoms with E-state index >= 15 is 0 Å². The lowest BCUT2D eigenvalue weighted by atomic mass is 10.0. The highest BCUT2D eigenvalue weighted by Crippen LogP contribution is 2.49. The minimum Gasteiger partial charge on any atom is -0.493 e. The van der Waals surface area contributed by atoms with Crippen LogP contribution >= 0.6 is 0 Å². The summed E-state index contributed by atoms with van der Waals surface area (Å²) in [5, 5.41) is 2.70. The van der Waals surface area contributed by atoms with E-state index in [2.05, 4.69) is 10.3 Å². The molecular weight excluding hydrogens is 424 g/mol. The Morgan fingerprint density at radius 1 is 1.00 bits per heavy atom. The Labute approximate surface area is 189 Å². The van der Waals surface area contributed by atoms with E-state index in [1.54, 1.807) is 60.8 Å². The number of amides is 3. The molecule has 0 spiro atoms. The van der Waals surface area contributed by atoms with Crippen molar-refractivity contribution >= 4 is 29.2 Å². The molecule has 0 saturated carbocycles. The molecule has 3 heterocycles. The summed E-state index contributed by atoms with van der Waals surface area (Å²) in [6.45, 7) is -0.272. The smallest absolute Gasteiger partial charge is 0.264 e. The molecule has 0 aliphatic carbocycles. The number of para-hydroxylation sites is 1. The Balaban J connectivity index is 1.60. The number of carbonyl (C=O) groups is 3. The summed E-state index contributed by atoms with van der Waals surface area (Å²) in [7, 11) is 2.95. The number of nitrogens with one attached hydrogen (secondary N) is 1. The van der Waals surface area contributed by atoms with Gasteiger partial charge in [0.2, 0.25) is 5.91 Å². The predicted octanol–water partition coefficient (Wildman–Crippen LogP) is 2.85. The van der Waals surface area contributed by atoms with Gasteiger partial charge in [0.05, 0.1) is 31.0 Å². The third-order valence-electron chi connectivity index (χ3n) is 5.73. The lowest BCUT2D eigenvalue weighted by molar-refractivity contribution is -0.117. The molecule has 166 valence electrons. The number of rotatable bonds is 5. The molecule has 3 aromatic rings. The first-order valence-electron chi connectivity index (χ1n) is 10.2. The van der Waals surface area contributed by atoms with Gasteiger partial charge in [0.25, 0.3) is 11.8 Å². The molecule has 0 bridgehead atoms. The molecule has 2 aromatic carbocycles. The van der Waals surface area contributed by atoms with Crippen molar-refractivity contribution in [3.05, 3.63) is 77.5 Å². The second-order valence-electron chi connectivity index (χ2n) is 7.53. The molecule has 0 fully saturated rings. The molecular formula is C24H20N4O5. The van der Waals surface area contributed by atoms with Gasteiger partial charge < -0.3 is 19.7 Å². The largest absolute Gasteiger partial charge is 0.493 e. The fraction of sp³-hybridized carbons (Fsp3) is 0.167. The van der Waals surface area contributed by atoms with Gasteiger partial charge in [-0.1, -0.05) is 24.3 Å². The van der Waals surface area contributed by atoms with Gasteiger partial charge in [-0.15, -0.1) is 0 Å². The van der Waals surface area contributed by atoms with Crippen molar-refractivity contribution in [2.24, 2.45) is 0 Å². The molecule has 1 aromatic heterocycles. The van der Waals surface area contributed by atoms with E-state index in [1.165, 1.54) is 24.0 Å². The van der Waals surface area contributed by atoms with Gasteiger partial charge in [0.15, 0.2) is 11.5 Å². The van der Waals surface area contributed by atoms with E-state index in [1.807, 2.05) is 0 Å². The number of methoxy groups -OCH3 is 2. The maximum absolute atomic E-state index is 13.6. The van der Waals surface area contributed by atoms with Crippen LogP contribution in [0, 0.1) is 0 Å². The normalized spacial score (nSPS) is 16.1. The Morgan fingerprint density at radius 3 is 2.52 bits per heavy atom. The molecule has 5 rings (SSSR count). The molecule has 1 atom stereocenters. The average molecular weight is 444 g/mol. The van der Waals surface area contributed by atoms with Crippen molar-refractivity contribution in [3.63, 3.8) is 0 Å². The Morgan fingerprint density at radius 2 is 1.79 bits per heavy atom. The molecule has 2 aliphatic rings. The summed E-state index contributed by atoms with van der Waals surface area (Å²) < 4.78 is 10.9. The van der Waals surface area contributed by atoms with Gasteiger partial charge in [-0.05, 0) is 30.3 Å². The van der Waals surface area contributed by atoms with Crippen LogP contribution in [0.25, 0.3) is 0 Å². The minimum atomic E-state index is -0.802. The third kappa shape index (κ3) is 3.16. The van der Waals surface area contributed by atoms with Crippen LogP contribution in [0.3, 0.4) is 0 Å². The molecule has 0 saturated heterocycles. The fourth-order valence-electron chi connectivity index (χ4n) is 4.36. The summed E-state index contributed by atoms with van der Waals surface area (Å²) in [6.07, 6.45) is 0.759. The summed E-state index contributed by atoms with van der Waals surface area (Å²) in [5.74, 6) is -0.0405. The monoisotopic (exact) mass is 444 g/mol. The number of nitrogens with zero attached hydrogens (tertiary/aromatic N) is 3. The second kappa shape index (κ2) is 7.94. The SMILES string of the molecule is COc1ccc2c(c1OC)C(=O)N1c3ccccc3C(=O)N(CC(=O)Nc3ccccn3)C21. The Bertz CT molecular complexity index is 1280. The number of hydrogen-bond acceptors (Lipinski definition) is 6. The van der Waals surface area contributed by atoms with Gasteiger partial charge in [0.1, 0.15) is 18.5 Å². The van der Waals surface area contributed by atoms with E-state index in [-0.39, 0.29) is 24.1 Å². The zero-order chi connectivity index (χ0) is 23.1. The van der Waals surface area contributed by atoms with Crippen molar-refractivity contribution < 1.29 is 23.9 Å². The van der Waals surface area contributed by atoms with E-state index in [4.69, 9.17) is 9.47 Å². The standard InChI is InChI=1S/C24H20N4O5/c1-32-17-11-10-15-20(21(17)33-2)24(31)28-16-8-4-3-7-14(16)23(30)27(22(15)28)13-19(29)26-18-9-5-6-12-25-18/h3-12,22H,13H2,1-2H3,(H,25,26,29). The van der Waals surface area contributed by atoms with Gasteiger partial charge in [-0.25, -0.2) is 4.98 Å². The molecule has 9 nitrogen and oxygen atoms in total. The highest BCUT2D eigenvalue weighted by molar-refractivity contribution is 6.18. The van der Waals surface area contributed by atoms with Gasteiger partial charge >= 0.3 is 0 Å². The average Bonchev–Trinajstić information content (AvgIpc) is 3.14. The lowest BCUT2D eigenvalue weighted by Crippen LogP contribution is -2.50. The number of aromatic nitrogens is 1. The van der Waals surface area contributed by atoms with Crippen molar-refractivity contribution in [2.45, 2.75) is 6.17 Å². The first-order chi connectivity index (χ1) is 16.0. The molecule has 0 radical (unpaired) electrons. The highest BCUT2D eigenvalue weighted by atomic mass is 16.5. The first-order valence-corrected chi connectivity index (χ1v) is 10.2. The van der Waals surface area contributed by atoms with Gasteiger partial charge in [-0.2, -0.15) is 0 Å². The summed E-state index contributed by atoms with van der Waals surface area (Å²) in [4.78, 5) is 46.9. The zero-order valence-corrected chi connectivity index (χ0v) is 17.9. The van der Waals surface area contributed by atoms with Crippen molar-refractivity contribution in [1.82, 2.24) is 9.88 Å². The van der Waals surface area contributed by atoms with Crippen LogP contribution in [-0.4, -0.2) is 48.4 Å². The Hall–Kier alpha value is -4.40. The van der Waals surface area contributed by atoms with E-state index in [9.17, 15) is 14.4 Å². The topological polar surface area (TPSA) is 101 Å². The molecule has 9 heteroatoms. The number of benzene rings is 2. The number of carbonyl (C=O) groups excluding carboxylic acids is 3. The summed E-state index contributed by atoms with van der Waals surface area (Å²) >= 11 is 0. The molecule has 33 heavy (non-hydrogen) atoms. The number of hydrogen-bond donors (Lipinski definition) is 1. The lowest BCUT2D eigenvalue weighted by Gasteiger charge is -2.40. The van der Waals surface area contributed by atoms with Crippen molar-refractivity contribution in [2.75, 3.05) is 31.0 Å².